The fourth-order valence-electron chi connectivity index (χ4n) is 0.849. The highest BCUT2D eigenvalue weighted by atomic mass is 79.9. The van der Waals surface area contributed by atoms with Gasteiger partial charge >= 0.3 is 0 Å². The van der Waals surface area contributed by atoms with Gasteiger partial charge in [-0.1, -0.05) is 77.6 Å². The lowest BCUT2D eigenvalue weighted by molar-refractivity contribution is 0.704. The van der Waals surface area contributed by atoms with Crippen LogP contribution in [-0.2, 0) is 0 Å². The number of hydrogen-bond acceptors (Lipinski definition) is 0. The van der Waals surface area contributed by atoms with Crippen molar-refractivity contribution in [2.75, 3.05) is 0 Å². The molecular formula is C8H14Br4. The molecule has 12 heavy (non-hydrogen) atoms. The summed E-state index contributed by atoms with van der Waals surface area (Å²) in [6.45, 7) is 4.37. The summed E-state index contributed by atoms with van der Waals surface area (Å²) in [5.74, 6) is 0. The molecule has 0 amide bonds. The van der Waals surface area contributed by atoms with Crippen LogP contribution in [0.1, 0.15) is 26.7 Å². The van der Waals surface area contributed by atoms with E-state index in [9.17, 15) is 0 Å². The van der Waals surface area contributed by atoms with E-state index in [1.165, 1.54) is 0 Å². The molecule has 0 spiro atoms. The van der Waals surface area contributed by atoms with E-state index in [4.69, 9.17) is 0 Å². The minimum absolute atomic E-state index is 0.479. The van der Waals surface area contributed by atoms with Crippen LogP contribution in [-0.4, -0.2) is 19.3 Å². The average Bonchev–Trinajstić information content (AvgIpc) is 2.12. The first-order chi connectivity index (χ1) is 5.54. The fourth-order valence-corrected chi connectivity index (χ4v) is 3.81. The van der Waals surface area contributed by atoms with Crippen LogP contribution in [0, 0.1) is 0 Å². The average molecular weight is 430 g/mol. The van der Waals surface area contributed by atoms with Gasteiger partial charge in [0.2, 0.25) is 0 Å². The summed E-state index contributed by atoms with van der Waals surface area (Å²) in [5.41, 5.74) is 0. The second-order valence-electron chi connectivity index (χ2n) is 2.74. The molecule has 0 N–H and O–H groups in total. The van der Waals surface area contributed by atoms with Crippen molar-refractivity contribution < 1.29 is 0 Å². The van der Waals surface area contributed by atoms with Gasteiger partial charge in [0.05, 0.1) is 0 Å². The molecule has 0 radical (unpaired) electrons. The third-order valence-corrected chi connectivity index (χ3v) is 8.75. The van der Waals surface area contributed by atoms with E-state index in [0.717, 1.165) is 12.8 Å². The Kier molecular flexibility index (Phi) is 8.40. The minimum Gasteiger partial charge on any atom is -0.0878 e. The van der Waals surface area contributed by atoms with E-state index < -0.39 is 0 Å². The van der Waals surface area contributed by atoms with Crippen LogP contribution in [0.2, 0.25) is 0 Å². The third-order valence-electron chi connectivity index (χ3n) is 1.78. The molecule has 0 rings (SSSR count). The van der Waals surface area contributed by atoms with Crippen LogP contribution < -0.4 is 0 Å². The first-order valence-electron chi connectivity index (χ1n) is 4.10. The Hall–Kier alpha value is 1.92. The first kappa shape index (κ1) is 13.9. The molecule has 0 aliphatic rings. The van der Waals surface area contributed by atoms with Gasteiger partial charge in [0, 0.05) is 19.3 Å². The van der Waals surface area contributed by atoms with Gasteiger partial charge in [0.1, 0.15) is 0 Å². The summed E-state index contributed by atoms with van der Waals surface area (Å²) in [4.78, 5) is 2.03. The van der Waals surface area contributed by atoms with Gasteiger partial charge in [-0.2, -0.15) is 0 Å². The van der Waals surface area contributed by atoms with E-state index in [-0.39, 0.29) is 0 Å². The summed E-state index contributed by atoms with van der Waals surface area (Å²) in [5, 5.41) is 0. The molecule has 4 unspecified atom stereocenters. The maximum atomic E-state index is 3.69. The largest absolute Gasteiger partial charge is 0.0878 e. The van der Waals surface area contributed by atoms with Gasteiger partial charge < -0.3 is 0 Å². The van der Waals surface area contributed by atoms with Crippen molar-refractivity contribution in [3.8, 4) is 0 Å². The van der Waals surface area contributed by atoms with Crippen LogP contribution >= 0.6 is 63.7 Å². The second kappa shape index (κ2) is 7.24. The van der Waals surface area contributed by atoms with Gasteiger partial charge in [-0.3, -0.25) is 0 Å². The Bertz CT molecular complexity index is 104. The van der Waals surface area contributed by atoms with Crippen molar-refractivity contribution in [1.82, 2.24) is 0 Å². The molecule has 0 heterocycles. The number of hydrogen-bond donors (Lipinski definition) is 0. The quantitative estimate of drug-likeness (QED) is 0.547. The lowest BCUT2D eigenvalue weighted by Gasteiger charge is -2.24. The Morgan fingerprint density at radius 1 is 0.750 bits per heavy atom. The van der Waals surface area contributed by atoms with Crippen LogP contribution in [0.3, 0.4) is 0 Å². The molecule has 0 bridgehead atoms. The van der Waals surface area contributed by atoms with Gasteiger partial charge in [-0.15, -0.1) is 0 Å². The predicted molar refractivity (Wildman–Crippen MR) is 71.4 cm³/mol. The number of alkyl halides is 4. The molecule has 0 aliphatic carbocycles. The highest BCUT2D eigenvalue weighted by Gasteiger charge is 2.26. The second-order valence-corrected chi connectivity index (χ2v) is 7.20. The van der Waals surface area contributed by atoms with Crippen molar-refractivity contribution >= 4 is 63.7 Å². The summed E-state index contributed by atoms with van der Waals surface area (Å²) in [6, 6.07) is 0. The molecule has 0 aromatic rings. The minimum atomic E-state index is 0.479. The first-order valence-corrected chi connectivity index (χ1v) is 7.77. The molecule has 0 aromatic heterocycles. The zero-order valence-corrected chi connectivity index (χ0v) is 13.6. The lowest BCUT2D eigenvalue weighted by Crippen LogP contribution is -2.30. The standard InChI is InChI=1S/C8H14Br4/c1-3-5(9)7(11)8(12)6(10)4-2/h5-8H,3-4H2,1-2H3. The van der Waals surface area contributed by atoms with Crippen molar-refractivity contribution in [3.05, 3.63) is 0 Å². The molecule has 4 atom stereocenters. The Morgan fingerprint density at radius 3 is 1.17 bits per heavy atom. The van der Waals surface area contributed by atoms with Gasteiger partial charge in [0.25, 0.3) is 0 Å². The Balaban J connectivity index is 3.99. The van der Waals surface area contributed by atoms with Crippen LogP contribution in [0.5, 0.6) is 0 Å². The molecule has 4 heteroatoms. The normalized spacial score (nSPS) is 21.5. The third kappa shape index (κ3) is 4.43. The summed E-state index contributed by atoms with van der Waals surface area (Å²) >= 11 is 14.7. The van der Waals surface area contributed by atoms with E-state index in [1.807, 2.05) is 0 Å². The van der Waals surface area contributed by atoms with Crippen molar-refractivity contribution in [3.63, 3.8) is 0 Å². The molecule has 0 aromatic carbocycles. The zero-order valence-electron chi connectivity index (χ0n) is 7.24. The van der Waals surface area contributed by atoms with Crippen LogP contribution in [0.25, 0.3) is 0 Å². The molecule has 0 fully saturated rings. The van der Waals surface area contributed by atoms with Gasteiger partial charge in [-0.25, -0.2) is 0 Å². The molecule has 0 aliphatic heterocycles. The van der Waals surface area contributed by atoms with Crippen molar-refractivity contribution in [2.45, 2.75) is 46.0 Å². The van der Waals surface area contributed by atoms with Crippen molar-refractivity contribution in [2.24, 2.45) is 0 Å². The highest BCUT2D eigenvalue weighted by Crippen LogP contribution is 2.31. The monoisotopic (exact) mass is 426 g/mol. The van der Waals surface area contributed by atoms with Gasteiger partial charge in [-0.05, 0) is 12.8 Å². The Labute approximate surface area is 109 Å². The molecule has 0 nitrogen and oxygen atoms in total. The van der Waals surface area contributed by atoms with E-state index in [2.05, 4.69) is 77.6 Å². The fraction of sp³-hybridized carbons (Fsp3) is 1.00. The summed E-state index contributed by atoms with van der Waals surface area (Å²) in [7, 11) is 0. The maximum Gasteiger partial charge on any atom is 0.0406 e. The SMILES string of the molecule is CCC(Br)C(Br)C(Br)C(Br)CC. The number of halogens is 4. The van der Waals surface area contributed by atoms with Gasteiger partial charge in [0.15, 0.2) is 0 Å². The summed E-state index contributed by atoms with van der Waals surface area (Å²) in [6.07, 6.45) is 2.28. The van der Waals surface area contributed by atoms with Crippen LogP contribution in [0.4, 0.5) is 0 Å². The maximum absolute atomic E-state index is 3.69. The molecule has 0 saturated carbocycles. The molecule has 74 valence electrons. The van der Waals surface area contributed by atoms with Crippen molar-refractivity contribution in [1.29, 1.82) is 0 Å². The zero-order chi connectivity index (χ0) is 9.72. The molecule has 0 saturated heterocycles. The Morgan fingerprint density at radius 2 is 1.00 bits per heavy atom. The summed E-state index contributed by atoms with van der Waals surface area (Å²) < 4.78 is 0. The lowest BCUT2D eigenvalue weighted by atomic mass is 10.1. The topological polar surface area (TPSA) is 0 Å². The smallest absolute Gasteiger partial charge is 0.0406 e. The van der Waals surface area contributed by atoms with E-state index >= 15 is 0 Å². The predicted octanol–water partition coefficient (Wildman–Crippen LogP) is 4.86. The van der Waals surface area contributed by atoms with E-state index in [1.54, 1.807) is 0 Å². The highest BCUT2D eigenvalue weighted by molar-refractivity contribution is 9.14. The number of rotatable bonds is 5. The molecular weight excluding hydrogens is 416 g/mol. The van der Waals surface area contributed by atoms with Crippen LogP contribution in [0.15, 0.2) is 0 Å². The van der Waals surface area contributed by atoms with E-state index in [0.29, 0.717) is 19.3 Å².